The summed E-state index contributed by atoms with van der Waals surface area (Å²) < 4.78 is 17.8. The molecule has 14 heavy (non-hydrogen) atoms. The highest BCUT2D eigenvalue weighted by atomic mass is 32.2. The van der Waals surface area contributed by atoms with Gasteiger partial charge in [-0.15, -0.1) is 11.8 Å². The zero-order valence-corrected chi connectivity index (χ0v) is 8.89. The number of hydrogen-bond acceptors (Lipinski definition) is 3. The Morgan fingerprint density at radius 2 is 2.07 bits per heavy atom. The number of ether oxygens (including phenoxy) is 1. The van der Waals surface area contributed by atoms with Gasteiger partial charge in [0, 0.05) is 17.2 Å². The third-order valence-electron chi connectivity index (χ3n) is 1.75. The van der Waals surface area contributed by atoms with Gasteiger partial charge in [-0.25, -0.2) is 4.39 Å². The van der Waals surface area contributed by atoms with Gasteiger partial charge in [0.15, 0.2) is 0 Å². The molecule has 0 spiro atoms. The van der Waals surface area contributed by atoms with Gasteiger partial charge >= 0.3 is 0 Å². The average molecular weight is 215 g/mol. The van der Waals surface area contributed by atoms with Crippen LogP contribution in [0.15, 0.2) is 29.2 Å². The van der Waals surface area contributed by atoms with E-state index in [4.69, 9.17) is 10.5 Å². The molecule has 0 saturated heterocycles. The summed E-state index contributed by atoms with van der Waals surface area (Å²) in [6.07, 6.45) is -0.929. The van der Waals surface area contributed by atoms with Crippen molar-refractivity contribution in [2.75, 3.05) is 19.4 Å². The molecule has 1 rings (SSSR count). The van der Waals surface area contributed by atoms with Crippen molar-refractivity contribution >= 4 is 11.8 Å². The van der Waals surface area contributed by atoms with E-state index in [1.165, 1.54) is 11.8 Å². The molecule has 1 aromatic carbocycles. The molecule has 4 heteroatoms. The maximum absolute atomic E-state index is 12.8. The van der Waals surface area contributed by atoms with Crippen LogP contribution in [0.4, 0.5) is 4.39 Å². The molecule has 0 aliphatic carbocycles. The van der Waals surface area contributed by atoms with Crippen molar-refractivity contribution in [2.45, 2.75) is 11.1 Å². The van der Waals surface area contributed by atoms with Crippen molar-refractivity contribution in [1.29, 1.82) is 0 Å². The summed E-state index contributed by atoms with van der Waals surface area (Å²) in [5.74, 6) is 1.22. The second-order valence-electron chi connectivity index (χ2n) is 2.82. The Morgan fingerprint density at radius 1 is 1.43 bits per heavy atom. The van der Waals surface area contributed by atoms with E-state index in [2.05, 4.69) is 0 Å². The fourth-order valence-electron chi connectivity index (χ4n) is 0.927. The van der Waals surface area contributed by atoms with Crippen molar-refractivity contribution in [1.82, 2.24) is 0 Å². The van der Waals surface area contributed by atoms with Gasteiger partial charge in [-0.05, 0) is 24.3 Å². The Balaban J connectivity index is 2.43. The topological polar surface area (TPSA) is 35.2 Å². The summed E-state index contributed by atoms with van der Waals surface area (Å²) in [4.78, 5) is 1.03. The second kappa shape index (κ2) is 5.88. The number of nitrogens with two attached hydrogens (primary N) is 1. The molecule has 0 aromatic heterocycles. The van der Waals surface area contributed by atoms with Crippen LogP contribution in [0.25, 0.3) is 0 Å². The summed E-state index contributed by atoms with van der Waals surface area (Å²) in [6.45, 7) is 0.0865. The van der Waals surface area contributed by atoms with Crippen molar-refractivity contribution in [3.8, 4) is 5.75 Å². The molecule has 0 heterocycles. The highest BCUT2D eigenvalue weighted by Crippen LogP contribution is 2.22. The molecular weight excluding hydrogens is 201 g/mol. The van der Waals surface area contributed by atoms with Gasteiger partial charge in [0.2, 0.25) is 0 Å². The van der Waals surface area contributed by atoms with E-state index in [-0.39, 0.29) is 6.54 Å². The standard InChI is InChI=1S/C10H14FNOS/c1-13-9-2-4-10(5-3-9)14-7-8(11)6-12/h2-5,8H,6-7,12H2,1H3. The van der Waals surface area contributed by atoms with Gasteiger partial charge in [0.05, 0.1) is 7.11 Å². The van der Waals surface area contributed by atoms with Crippen molar-refractivity contribution in [3.05, 3.63) is 24.3 Å². The molecule has 0 bridgehead atoms. The van der Waals surface area contributed by atoms with Gasteiger partial charge in [-0.3, -0.25) is 0 Å². The molecule has 1 unspecified atom stereocenters. The fraction of sp³-hybridized carbons (Fsp3) is 0.400. The van der Waals surface area contributed by atoms with E-state index < -0.39 is 6.17 Å². The molecule has 78 valence electrons. The van der Waals surface area contributed by atoms with Gasteiger partial charge in [-0.2, -0.15) is 0 Å². The second-order valence-corrected chi connectivity index (χ2v) is 3.91. The Kier molecular flexibility index (Phi) is 4.76. The predicted molar refractivity (Wildman–Crippen MR) is 57.7 cm³/mol. The van der Waals surface area contributed by atoms with Crippen LogP contribution >= 0.6 is 11.8 Å². The number of hydrogen-bond donors (Lipinski definition) is 1. The molecule has 0 aliphatic heterocycles. The number of halogens is 1. The van der Waals surface area contributed by atoms with Gasteiger partial charge in [-0.1, -0.05) is 0 Å². The molecule has 0 radical (unpaired) electrons. The van der Waals surface area contributed by atoms with E-state index in [0.29, 0.717) is 5.75 Å². The van der Waals surface area contributed by atoms with Crippen LogP contribution in [0.3, 0.4) is 0 Å². The van der Waals surface area contributed by atoms with Crippen molar-refractivity contribution in [2.24, 2.45) is 5.73 Å². The molecule has 0 fully saturated rings. The van der Waals surface area contributed by atoms with E-state index in [9.17, 15) is 4.39 Å². The lowest BCUT2D eigenvalue weighted by molar-refractivity contribution is 0.376. The number of methoxy groups -OCH3 is 1. The highest BCUT2D eigenvalue weighted by Gasteiger charge is 2.04. The zero-order chi connectivity index (χ0) is 10.4. The van der Waals surface area contributed by atoms with E-state index in [0.717, 1.165) is 10.6 Å². The molecule has 1 aromatic rings. The summed E-state index contributed by atoms with van der Waals surface area (Å²) >= 11 is 1.46. The van der Waals surface area contributed by atoms with Crippen LogP contribution in [0.2, 0.25) is 0 Å². The molecule has 0 amide bonds. The SMILES string of the molecule is COc1ccc(SCC(F)CN)cc1. The summed E-state index contributed by atoms with van der Waals surface area (Å²) in [6, 6.07) is 7.54. The highest BCUT2D eigenvalue weighted by molar-refractivity contribution is 7.99. The number of thioether (sulfide) groups is 1. The summed E-state index contributed by atoms with van der Waals surface area (Å²) in [7, 11) is 1.62. The minimum absolute atomic E-state index is 0.0865. The van der Waals surface area contributed by atoms with Crippen molar-refractivity contribution in [3.63, 3.8) is 0 Å². The summed E-state index contributed by atoms with van der Waals surface area (Å²) in [5.41, 5.74) is 5.17. The monoisotopic (exact) mass is 215 g/mol. The lowest BCUT2D eigenvalue weighted by atomic mass is 10.3. The number of alkyl halides is 1. The quantitative estimate of drug-likeness (QED) is 0.764. The van der Waals surface area contributed by atoms with E-state index in [1.54, 1.807) is 7.11 Å². The summed E-state index contributed by atoms with van der Waals surface area (Å²) in [5, 5.41) is 0. The Hall–Kier alpha value is -0.740. The molecule has 2 N–H and O–H groups in total. The van der Waals surface area contributed by atoms with Crippen LogP contribution in [-0.4, -0.2) is 25.6 Å². The maximum Gasteiger partial charge on any atom is 0.122 e. The zero-order valence-electron chi connectivity index (χ0n) is 8.07. The fourth-order valence-corrected chi connectivity index (χ4v) is 1.76. The minimum atomic E-state index is -0.929. The maximum atomic E-state index is 12.8. The smallest absolute Gasteiger partial charge is 0.122 e. The first kappa shape index (κ1) is 11.3. The molecule has 0 saturated carbocycles. The van der Waals surface area contributed by atoms with E-state index in [1.807, 2.05) is 24.3 Å². The molecule has 1 atom stereocenters. The number of rotatable bonds is 5. The van der Waals surface area contributed by atoms with Crippen LogP contribution in [0.1, 0.15) is 0 Å². The minimum Gasteiger partial charge on any atom is -0.497 e. The predicted octanol–water partition coefficient (Wildman–Crippen LogP) is 2.08. The first-order valence-corrected chi connectivity index (χ1v) is 5.36. The molecular formula is C10H14FNOS. The van der Waals surface area contributed by atoms with E-state index >= 15 is 0 Å². The van der Waals surface area contributed by atoms with Crippen LogP contribution in [-0.2, 0) is 0 Å². The third-order valence-corrected chi connectivity index (χ3v) is 2.88. The number of benzene rings is 1. The largest absolute Gasteiger partial charge is 0.497 e. The van der Waals surface area contributed by atoms with Crippen LogP contribution < -0.4 is 10.5 Å². The molecule has 0 aliphatic rings. The Morgan fingerprint density at radius 3 is 2.57 bits per heavy atom. The molecule has 2 nitrogen and oxygen atoms in total. The Labute approximate surface area is 87.6 Å². The van der Waals surface area contributed by atoms with Crippen LogP contribution in [0, 0.1) is 0 Å². The van der Waals surface area contributed by atoms with Crippen molar-refractivity contribution < 1.29 is 9.13 Å². The van der Waals surface area contributed by atoms with Gasteiger partial charge in [0.1, 0.15) is 11.9 Å². The van der Waals surface area contributed by atoms with Crippen LogP contribution in [0.5, 0.6) is 5.75 Å². The van der Waals surface area contributed by atoms with Gasteiger partial charge < -0.3 is 10.5 Å². The normalized spacial score (nSPS) is 12.5. The lowest BCUT2D eigenvalue weighted by Crippen LogP contribution is -2.17. The lowest BCUT2D eigenvalue weighted by Gasteiger charge is -2.05. The average Bonchev–Trinajstić information content (AvgIpc) is 2.26. The Bertz CT molecular complexity index is 265. The first-order valence-electron chi connectivity index (χ1n) is 4.37. The third kappa shape index (κ3) is 3.55. The van der Waals surface area contributed by atoms with Gasteiger partial charge in [0.25, 0.3) is 0 Å². The first-order chi connectivity index (χ1) is 6.76.